The Morgan fingerprint density at radius 1 is 1.14 bits per heavy atom. The second-order valence-corrected chi connectivity index (χ2v) is 6.25. The van der Waals surface area contributed by atoms with Gasteiger partial charge in [-0.1, -0.05) is 18.2 Å². The van der Waals surface area contributed by atoms with Crippen molar-refractivity contribution in [2.45, 2.75) is 13.8 Å². The van der Waals surface area contributed by atoms with Gasteiger partial charge < -0.3 is 0 Å². The molecule has 0 amide bonds. The molecule has 0 aliphatic heterocycles. The molecular weight excluding hydrogens is 250 g/mol. The molecule has 6 heteroatoms. The zero-order chi connectivity index (χ0) is 11.4. The summed E-state index contributed by atoms with van der Waals surface area (Å²) in [5, 5.41) is 0. The number of benzene rings is 1. The molecule has 0 heterocycles. The molecule has 1 aromatic carbocycles. The maximum atomic E-state index is 12.7. The Morgan fingerprint density at radius 2 is 1.43 bits per heavy atom. The van der Waals surface area contributed by atoms with Gasteiger partial charge >= 0.3 is 8.26 Å². The van der Waals surface area contributed by atoms with Gasteiger partial charge in [0.05, 0.1) is 0 Å². The molecule has 0 atom stereocenters. The second kappa shape index (κ2) is 5.53. The molecule has 0 aliphatic rings. The first-order valence-corrected chi connectivity index (χ1v) is 6.71. The van der Waals surface area contributed by atoms with E-state index in [4.69, 9.17) is 8.42 Å². The average Bonchev–Trinajstić information content (AvgIpc) is 1.97. The van der Waals surface area contributed by atoms with E-state index in [2.05, 4.69) is 21.4 Å². The highest BCUT2D eigenvalue weighted by Gasteiger charge is 1.96. The van der Waals surface area contributed by atoms with Gasteiger partial charge in [0.1, 0.15) is 5.82 Å². The van der Waals surface area contributed by atoms with Gasteiger partial charge in [-0.3, -0.25) is 0 Å². The van der Waals surface area contributed by atoms with Crippen LogP contribution in [0.15, 0.2) is 18.2 Å². The lowest BCUT2D eigenvalue weighted by Crippen LogP contribution is -1.84. The normalized spacial score (nSPS) is 10.4. The third kappa shape index (κ3) is 7.12. The van der Waals surface area contributed by atoms with Crippen molar-refractivity contribution in [2.24, 2.45) is 0 Å². The van der Waals surface area contributed by atoms with E-state index in [-0.39, 0.29) is 5.82 Å². The molecule has 0 aromatic heterocycles. The molecule has 14 heavy (non-hydrogen) atoms. The molecule has 80 valence electrons. The Hall–Kier alpha value is -0.320. The number of aryl methyl sites for hydroxylation is 2. The fraction of sp³-hybridized carbons (Fsp3) is 0.250. The summed E-state index contributed by atoms with van der Waals surface area (Å²) in [7, 11) is 4.81. The highest BCUT2D eigenvalue weighted by Crippen LogP contribution is 2.09. The van der Waals surface area contributed by atoms with Gasteiger partial charge in [0.25, 0.3) is 0 Å². The molecule has 1 rings (SSSR count). The van der Waals surface area contributed by atoms with Crippen molar-refractivity contribution in [3.63, 3.8) is 0 Å². The van der Waals surface area contributed by atoms with E-state index in [1.54, 1.807) is 26.0 Å². The highest BCUT2D eigenvalue weighted by atomic mass is 36.0. The van der Waals surface area contributed by atoms with E-state index in [0.29, 0.717) is 0 Å². The van der Waals surface area contributed by atoms with Crippen LogP contribution in [0.25, 0.3) is 0 Å². The second-order valence-electron chi connectivity index (χ2n) is 2.58. The van der Waals surface area contributed by atoms with Gasteiger partial charge in [0.2, 0.25) is 0 Å². The van der Waals surface area contributed by atoms with Gasteiger partial charge in [-0.15, -0.1) is 0 Å². The summed E-state index contributed by atoms with van der Waals surface area (Å²) in [4.78, 5) is 0. The van der Waals surface area contributed by atoms with Gasteiger partial charge in [-0.05, 0) is 25.0 Å². The number of rotatable bonds is 0. The van der Waals surface area contributed by atoms with Crippen LogP contribution in [0, 0.1) is 19.7 Å². The largest absolute Gasteiger partial charge is 0.317 e. The first kappa shape index (κ1) is 13.7. The zero-order valence-corrected chi connectivity index (χ0v) is 9.92. The third-order valence-electron chi connectivity index (χ3n) is 1.38. The van der Waals surface area contributed by atoms with Gasteiger partial charge in [0, 0.05) is 21.4 Å². The predicted molar refractivity (Wildman–Crippen MR) is 56.5 cm³/mol. The summed E-state index contributed by atoms with van der Waals surface area (Å²) >= 11 is 0. The van der Waals surface area contributed by atoms with Crippen LogP contribution in [0.4, 0.5) is 4.39 Å². The number of hydrogen-bond donors (Lipinski definition) is 0. The van der Waals surface area contributed by atoms with Crippen molar-refractivity contribution in [1.82, 2.24) is 0 Å². The van der Waals surface area contributed by atoms with Crippen LogP contribution in [0.2, 0.25) is 0 Å². The summed E-state index contributed by atoms with van der Waals surface area (Å²) in [6.07, 6.45) is 0. The summed E-state index contributed by atoms with van der Waals surface area (Å²) < 4.78 is 31.1. The van der Waals surface area contributed by atoms with Crippen LogP contribution in [0.5, 0.6) is 0 Å². The van der Waals surface area contributed by atoms with Crippen molar-refractivity contribution >= 4 is 29.6 Å². The van der Waals surface area contributed by atoms with Crippen LogP contribution in [-0.2, 0) is 8.26 Å². The Kier molecular flexibility index (Phi) is 5.41. The first-order chi connectivity index (χ1) is 6.22. The predicted octanol–water partition coefficient (Wildman–Crippen LogP) is 3.15. The maximum absolute atomic E-state index is 12.7. The lowest BCUT2D eigenvalue weighted by molar-refractivity contribution is 0.609. The molecule has 2 nitrogen and oxygen atoms in total. The van der Waals surface area contributed by atoms with E-state index < -0.39 is 8.26 Å². The Bertz CT molecular complexity index is 376. The lowest BCUT2D eigenvalue weighted by atomic mass is 10.1. The van der Waals surface area contributed by atoms with Crippen molar-refractivity contribution in [3.05, 3.63) is 35.1 Å². The molecular formula is C8H9Cl2FO2S. The molecule has 1 aromatic rings. The minimum absolute atomic E-state index is 0.0856. The Balaban J connectivity index is 0.000000292. The fourth-order valence-corrected chi connectivity index (χ4v) is 0.794. The summed E-state index contributed by atoms with van der Waals surface area (Å²) in [6, 6.07) is 5.39. The molecule has 0 radical (unpaired) electrons. The maximum Gasteiger partial charge on any atom is 0.317 e. The molecule has 0 saturated carbocycles. The first-order valence-electron chi connectivity index (χ1n) is 3.57. The topological polar surface area (TPSA) is 34.1 Å². The van der Waals surface area contributed by atoms with Gasteiger partial charge in [-0.25, -0.2) is 4.39 Å². The monoisotopic (exact) mass is 258 g/mol. The summed E-state index contributed by atoms with van der Waals surface area (Å²) in [6.45, 7) is 3.53. The molecule has 0 aliphatic carbocycles. The van der Waals surface area contributed by atoms with E-state index in [9.17, 15) is 4.39 Å². The quantitative estimate of drug-likeness (QED) is 0.670. The van der Waals surface area contributed by atoms with Crippen LogP contribution < -0.4 is 0 Å². The van der Waals surface area contributed by atoms with Crippen molar-refractivity contribution < 1.29 is 12.8 Å². The van der Waals surface area contributed by atoms with Crippen LogP contribution in [0.3, 0.4) is 0 Å². The van der Waals surface area contributed by atoms with Gasteiger partial charge in [0.15, 0.2) is 0 Å². The van der Waals surface area contributed by atoms with Crippen LogP contribution >= 0.6 is 21.4 Å². The highest BCUT2D eigenvalue weighted by molar-refractivity contribution is 8.31. The third-order valence-corrected chi connectivity index (χ3v) is 1.38. The van der Waals surface area contributed by atoms with Crippen LogP contribution in [0.1, 0.15) is 11.1 Å². The minimum atomic E-state index is -3.72. The Morgan fingerprint density at radius 3 is 1.64 bits per heavy atom. The molecule has 0 fully saturated rings. The van der Waals surface area contributed by atoms with E-state index in [1.807, 2.05) is 6.07 Å². The minimum Gasteiger partial charge on any atom is -0.206 e. The standard InChI is InChI=1S/C8H9F.Cl2O2S/c1-6-4-3-5-7(2)8(6)9;1-5(2,3)4/h3-5H,1-2H3;. The average molecular weight is 259 g/mol. The number of hydrogen-bond acceptors (Lipinski definition) is 2. The SMILES string of the molecule is Cc1cccc(C)c1F.O=S(=O)(Cl)Cl. The van der Waals surface area contributed by atoms with E-state index in [0.717, 1.165) is 11.1 Å². The Labute approximate surface area is 91.6 Å². The lowest BCUT2D eigenvalue weighted by Gasteiger charge is -1.96. The number of halogens is 3. The zero-order valence-electron chi connectivity index (χ0n) is 7.59. The summed E-state index contributed by atoms with van der Waals surface area (Å²) in [5.74, 6) is -0.0856. The van der Waals surface area contributed by atoms with Crippen molar-refractivity contribution in [2.75, 3.05) is 0 Å². The molecule has 0 saturated heterocycles. The van der Waals surface area contributed by atoms with Gasteiger partial charge in [-0.2, -0.15) is 8.42 Å². The van der Waals surface area contributed by atoms with Crippen molar-refractivity contribution in [3.8, 4) is 0 Å². The molecule has 0 bridgehead atoms. The molecule has 0 unspecified atom stereocenters. The van der Waals surface area contributed by atoms with Crippen molar-refractivity contribution in [1.29, 1.82) is 0 Å². The fourth-order valence-electron chi connectivity index (χ4n) is 0.794. The van der Waals surface area contributed by atoms with E-state index >= 15 is 0 Å². The van der Waals surface area contributed by atoms with E-state index in [1.165, 1.54) is 0 Å². The van der Waals surface area contributed by atoms with Crippen LogP contribution in [-0.4, -0.2) is 8.42 Å². The molecule has 0 N–H and O–H groups in total. The summed E-state index contributed by atoms with van der Waals surface area (Å²) in [5.41, 5.74) is 1.44. The smallest absolute Gasteiger partial charge is 0.206 e. The molecule has 0 spiro atoms.